The van der Waals surface area contributed by atoms with Gasteiger partial charge in [-0.2, -0.15) is 0 Å². The van der Waals surface area contributed by atoms with Gasteiger partial charge in [0.2, 0.25) is 0 Å². The SMILES string of the molecule is C[C@]1(O)C[C@@H](C(=O)CCc2cccc(Cl)c2F)N(C(=O)Nc2cn(C(N)=O)c3ccccc23)C1. The number of nitrogens with zero attached hydrogens (tertiary/aromatic N) is 2. The largest absolute Gasteiger partial charge is 0.388 e. The molecule has 0 radical (unpaired) electrons. The van der Waals surface area contributed by atoms with Crippen LogP contribution in [0.15, 0.2) is 48.7 Å². The number of Topliss-reactive ketones (excluding diaryl/α,β-unsaturated/α-hetero) is 1. The maximum Gasteiger partial charge on any atom is 0.323 e. The van der Waals surface area contributed by atoms with Gasteiger partial charge >= 0.3 is 12.1 Å². The molecular formula is C24H24ClFN4O4. The van der Waals surface area contributed by atoms with Gasteiger partial charge in [-0.3, -0.25) is 9.36 Å². The molecule has 1 aromatic heterocycles. The lowest BCUT2D eigenvalue weighted by molar-refractivity contribution is -0.122. The van der Waals surface area contributed by atoms with Crippen LogP contribution in [-0.4, -0.2) is 50.6 Å². The smallest absolute Gasteiger partial charge is 0.323 e. The average molecular weight is 487 g/mol. The number of aromatic nitrogens is 1. The quantitative estimate of drug-likeness (QED) is 0.506. The summed E-state index contributed by atoms with van der Waals surface area (Å²) in [6, 6.07) is 9.31. The van der Waals surface area contributed by atoms with Gasteiger partial charge in [-0.15, -0.1) is 0 Å². The Balaban J connectivity index is 1.53. The number of nitrogens with two attached hydrogens (primary N) is 1. The number of β-amino-alcohol motifs (C(OH)–C–C–N with tert-alkyl or cyclic N) is 1. The highest BCUT2D eigenvalue weighted by molar-refractivity contribution is 6.30. The van der Waals surface area contributed by atoms with E-state index in [4.69, 9.17) is 17.3 Å². The molecule has 1 aliphatic rings. The number of carbonyl (C=O) groups excluding carboxylic acids is 3. The molecule has 178 valence electrons. The third-order valence-corrected chi connectivity index (χ3v) is 6.31. The van der Waals surface area contributed by atoms with Crippen LogP contribution in [0.1, 0.15) is 25.3 Å². The van der Waals surface area contributed by atoms with Crippen LogP contribution in [0.3, 0.4) is 0 Å². The van der Waals surface area contributed by atoms with Crippen molar-refractivity contribution in [3.8, 4) is 0 Å². The summed E-state index contributed by atoms with van der Waals surface area (Å²) in [6.07, 6.45) is 1.56. The molecule has 8 nitrogen and oxygen atoms in total. The summed E-state index contributed by atoms with van der Waals surface area (Å²) < 4.78 is 15.4. The highest BCUT2D eigenvalue weighted by Gasteiger charge is 2.45. The minimum atomic E-state index is -1.26. The van der Waals surface area contributed by atoms with Gasteiger partial charge in [0.05, 0.1) is 34.4 Å². The average Bonchev–Trinajstić information content (AvgIpc) is 3.32. The van der Waals surface area contributed by atoms with Gasteiger partial charge in [0.25, 0.3) is 0 Å². The Hall–Kier alpha value is -3.43. The number of likely N-dealkylation sites (tertiary alicyclic amines) is 1. The van der Waals surface area contributed by atoms with Crippen LogP contribution in [0.4, 0.5) is 19.7 Å². The molecule has 0 spiro atoms. The Kier molecular flexibility index (Phi) is 6.33. The van der Waals surface area contributed by atoms with Crippen molar-refractivity contribution in [2.24, 2.45) is 5.73 Å². The number of nitrogens with one attached hydrogen (secondary N) is 1. The number of aliphatic hydroxyl groups is 1. The van der Waals surface area contributed by atoms with Crippen molar-refractivity contribution in [3.63, 3.8) is 0 Å². The number of halogens is 2. The molecule has 2 heterocycles. The molecule has 1 fully saturated rings. The van der Waals surface area contributed by atoms with E-state index in [1.54, 1.807) is 43.3 Å². The van der Waals surface area contributed by atoms with Crippen LogP contribution in [-0.2, 0) is 11.2 Å². The number of carbonyl (C=O) groups is 3. The normalized spacial score (nSPS) is 20.0. The van der Waals surface area contributed by atoms with E-state index in [9.17, 15) is 23.9 Å². The minimum Gasteiger partial charge on any atom is -0.388 e. The summed E-state index contributed by atoms with van der Waals surface area (Å²) in [6.45, 7) is 1.49. The number of aryl methyl sites for hydroxylation is 1. The third kappa shape index (κ3) is 4.62. The summed E-state index contributed by atoms with van der Waals surface area (Å²) in [5.41, 5.74) is 5.34. The number of hydrogen-bond acceptors (Lipinski definition) is 4. The lowest BCUT2D eigenvalue weighted by atomic mass is 9.97. The van der Waals surface area contributed by atoms with Gasteiger partial charge < -0.3 is 21.1 Å². The van der Waals surface area contributed by atoms with Crippen LogP contribution < -0.4 is 11.1 Å². The Morgan fingerprint density at radius 3 is 2.71 bits per heavy atom. The maximum absolute atomic E-state index is 14.2. The van der Waals surface area contributed by atoms with Crippen molar-refractivity contribution >= 4 is 46.0 Å². The fourth-order valence-electron chi connectivity index (χ4n) is 4.38. The second kappa shape index (κ2) is 9.08. The van der Waals surface area contributed by atoms with Crippen molar-refractivity contribution in [1.82, 2.24) is 9.47 Å². The van der Waals surface area contributed by atoms with E-state index < -0.39 is 29.5 Å². The first-order valence-corrected chi connectivity index (χ1v) is 11.1. The molecule has 0 unspecified atom stereocenters. The lowest BCUT2D eigenvalue weighted by Crippen LogP contribution is -2.43. The second-order valence-corrected chi connectivity index (χ2v) is 9.13. The Morgan fingerprint density at radius 1 is 1.24 bits per heavy atom. The topological polar surface area (TPSA) is 118 Å². The number of ketones is 1. The highest BCUT2D eigenvalue weighted by atomic mass is 35.5. The number of benzene rings is 2. The van der Waals surface area contributed by atoms with Gasteiger partial charge in [-0.05, 0) is 31.0 Å². The van der Waals surface area contributed by atoms with Gasteiger partial charge in [-0.1, -0.05) is 41.9 Å². The van der Waals surface area contributed by atoms with Crippen LogP contribution >= 0.6 is 11.6 Å². The van der Waals surface area contributed by atoms with Crippen LogP contribution in [0.2, 0.25) is 5.02 Å². The van der Waals surface area contributed by atoms with Crippen LogP contribution in [0.25, 0.3) is 10.9 Å². The summed E-state index contributed by atoms with van der Waals surface area (Å²) in [7, 11) is 0. The van der Waals surface area contributed by atoms with E-state index in [2.05, 4.69) is 5.32 Å². The first-order chi connectivity index (χ1) is 16.1. The monoisotopic (exact) mass is 486 g/mol. The molecule has 4 N–H and O–H groups in total. The van der Waals surface area contributed by atoms with E-state index in [1.807, 2.05) is 0 Å². The number of urea groups is 1. The van der Waals surface area contributed by atoms with Crippen LogP contribution in [0.5, 0.6) is 0 Å². The Bertz CT molecular complexity index is 1290. The zero-order chi connectivity index (χ0) is 24.6. The van der Waals surface area contributed by atoms with Gasteiger partial charge in [-0.25, -0.2) is 14.0 Å². The number of anilines is 1. The number of para-hydroxylation sites is 1. The molecular weight excluding hydrogens is 463 g/mol. The fourth-order valence-corrected chi connectivity index (χ4v) is 4.58. The number of fused-ring (bicyclic) bond motifs is 1. The maximum atomic E-state index is 14.2. The third-order valence-electron chi connectivity index (χ3n) is 6.02. The summed E-state index contributed by atoms with van der Waals surface area (Å²) in [5.74, 6) is -0.873. The van der Waals surface area contributed by atoms with Crippen molar-refractivity contribution in [1.29, 1.82) is 0 Å². The van der Waals surface area contributed by atoms with Crippen molar-refractivity contribution in [2.75, 3.05) is 11.9 Å². The molecule has 1 saturated heterocycles. The second-order valence-electron chi connectivity index (χ2n) is 8.72. The predicted molar refractivity (Wildman–Crippen MR) is 126 cm³/mol. The molecule has 0 bridgehead atoms. The van der Waals surface area contributed by atoms with Crippen molar-refractivity contribution in [2.45, 2.75) is 37.8 Å². The molecule has 4 rings (SSSR count). The molecule has 0 saturated carbocycles. The summed E-state index contributed by atoms with van der Waals surface area (Å²) in [5, 5.41) is 13.9. The predicted octanol–water partition coefficient (Wildman–Crippen LogP) is 3.92. The number of rotatable bonds is 5. The molecule has 1 aliphatic heterocycles. The zero-order valence-corrected chi connectivity index (χ0v) is 19.2. The number of primary amides is 1. The summed E-state index contributed by atoms with van der Waals surface area (Å²) in [4.78, 5) is 39.2. The number of hydrogen-bond donors (Lipinski definition) is 3. The first-order valence-electron chi connectivity index (χ1n) is 10.7. The van der Waals surface area contributed by atoms with Crippen molar-refractivity contribution in [3.05, 3.63) is 65.1 Å². The minimum absolute atomic E-state index is 0.0233. The van der Waals surface area contributed by atoms with E-state index in [-0.39, 0.29) is 36.6 Å². The summed E-state index contributed by atoms with van der Waals surface area (Å²) >= 11 is 5.81. The molecule has 10 heteroatoms. The van der Waals surface area contributed by atoms with E-state index in [1.165, 1.54) is 21.7 Å². The van der Waals surface area contributed by atoms with Gasteiger partial charge in [0, 0.05) is 24.4 Å². The molecule has 0 aliphatic carbocycles. The van der Waals surface area contributed by atoms with E-state index in [0.717, 1.165) is 0 Å². The van der Waals surface area contributed by atoms with Crippen molar-refractivity contribution < 1.29 is 23.9 Å². The highest BCUT2D eigenvalue weighted by Crippen LogP contribution is 2.31. The molecule has 2 atom stereocenters. The molecule has 3 amide bonds. The molecule has 3 aromatic rings. The molecule has 34 heavy (non-hydrogen) atoms. The zero-order valence-electron chi connectivity index (χ0n) is 18.4. The van der Waals surface area contributed by atoms with Gasteiger partial charge in [0.15, 0.2) is 5.78 Å². The number of amides is 3. The molecule has 2 aromatic carbocycles. The standard InChI is InChI=1S/C24H24ClFN4O4/c1-24(34)11-19(20(31)10-9-14-5-4-7-16(25)21(14)26)30(13-24)23(33)28-17-12-29(22(27)32)18-8-3-2-6-15(17)18/h2-8,12,19,34H,9-11,13H2,1H3,(H2,27,32)(H,28,33)/t19-,24-/m0/s1. The Labute approximate surface area is 200 Å². The Morgan fingerprint density at radius 2 is 1.97 bits per heavy atom. The van der Waals surface area contributed by atoms with E-state index >= 15 is 0 Å². The van der Waals surface area contributed by atoms with Crippen LogP contribution in [0, 0.1) is 5.82 Å². The first kappa shape index (κ1) is 23.7. The fraction of sp³-hybridized carbons (Fsp3) is 0.292. The van der Waals surface area contributed by atoms with Gasteiger partial charge in [0.1, 0.15) is 5.82 Å². The van der Waals surface area contributed by atoms with E-state index in [0.29, 0.717) is 22.2 Å². The lowest BCUT2D eigenvalue weighted by Gasteiger charge is -2.24.